The van der Waals surface area contributed by atoms with Gasteiger partial charge in [-0.05, 0) is 115 Å². The highest BCUT2D eigenvalue weighted by Crippen LogP contribution is 2.62. The lowest BCUT2D eigenvalue weighted by molar-refractivity contribution is -0.150. The molecule has 0 spiro atoms. The highest BCUT2D eigenvalue weighted by atomic mass is 16.7. The average Bonchev–Trinajstić information content (AvgIpc) is 2.86. The van der Waals surface area contributed by atoms with E-state index in [0.29, 0.717) is 0 Å². The number of phenols is 1. The number of hydrogen-bond acceptors (Lipinski definition) is 5. The van der Waals surface area contributed by atoms with Crippen molar-refractivity contribution in [3.8, 4) is 22.6 Å². The number of aromatic carboxylic acids is 1. The third-order valence-electron chi connectivity index (χ3n) is 8.98. The Morgan fingerprint density at radius 1 is 1.03 bits per heavy atom. The van der Waals surface area contributed by atoms with Crippen molar-refractivity contribution in [2.45, 2.75) is 57.2 Å². The van der Waals surface area contributed by atoms with E-state index in [0.717, 1.165) is 45.4 Å². The van der Waals surface area contributed by atoms with E-state index < -0.39 is 5.97 Å². The first kappa shape index (κ1) is 24.3. The highest BCUT2D eigenvalue weighted by Gasteiger charge is 2.52. The fourth-order valence-electron chi connectivity index (χ4n) is 7.67. The number of methoxy groups -OCH3 is 1. The molecule has 0 radical (unpaired) electrons. The summed E-state index contributed by atoms with van der Waals surface area (Å²) < 4.78 is 17.2. The van der Waals surface area contributed by atoms with Gasteiger partial charge in [0.05, 0.1) is 0 Å². The second kappa shape index (κ2) is 9.34. The molecule has 2 N–H and O–H groups in total. The van der Waals surface area contributed by atoms with E-state index in [2.05, 4.69) is 18.2 Å². The zero-order valence-electron chi connectivity index (χ0n) is 21.4. The molecule has 0 amide bonds. The number of carboxylic acid groups (broad SMARTS) is 1. The molecule has 1 unspecified atom stereocenters. The van der Waals surface area contributed by atoms with Gasteiger partial charge in [-0.25, -0.2) is 4.79 Å². The summed E-state index contributed by atoms with van der Waals surface area (Å²) in [6, 6.07) is 15.3. The second-order valence-corrected chi connectivity index (χ2v) is 11.3. The molecule has 194 valence electrons. The fourth-order valence-corrected chi connectivity index (χ4v) is 7.67. The molecule has 6 nitrogen and oxygen atoms in total. The molecule has 4 fully saturated rings. The van der Waals surface area contributed by atoms with E-state index in [9.17, 15) is 15.0 Å². The van der Waals surface area contributed by atoms with Crippen LogP contribution in [0.1, 0.15) is 61.4 Å². The summed E-state index contributed by atoms with van der Waals surface area (Å²) in [7, 11) is 1.61. The highest BCUT2D eigenvalue weighted by molar-refractivity contribution is 5.99. The molecule has 1 atom stereocenters. The van der Waals surface area contributed by atoms with Crippen molar-refractivity contribution in [3.63, 3.8) is 0 Å². The summed E-state index contributed by atoms with van der Waals surface area (Å²) in [6.07, 6.45) is 7.33. The van der Waals surface area contributed by atoms with E-state index in [1.165, 1.54) is 50.2 Å². The molecule has 0 aromatic heterocycles. The van der Waals surface area contributed by atoms with Gasteiger partial charge in [0.1, 0.15) is 17.1 Å². The Kier molecular flexibility index (Phi) is 6.12. The van der Waals surface area contributed by atoms with Gasteiger partial charge in [0.2, 0.25) is 0 Å². The Hall–Kier alpha value is -3.09. The van der Waals surface area contributed by atoms with Gasteiger partial charge in [0, 0.05) is 12.7 Å². The molecule has 6 heteroatoms. The van der Waals surface area contributed by atoms with Crippen LogP contribution >= 0.6 is 0 Å². The van der Waals surface area contributed by atoms with Crippen molar-refractivity contribution in [1.29, 1.82) is 0 Å². The predicted molar refractivity (Wildman–Crippen MR) is 141 cm³/mol. The maximum Gasteiger partial charge on any atom is 0.339 e. The number of aromatic hydroxyl groups is 1. The second-order valence-electron chi connectivity index (χ2n) is 11.3. The van der Waals surface area contributed by atoms with Crippen LogP contribution in [-0.2, 0) is 14.9 Å². The van der Waals surface area contributed by atoms with Crippen LogP contribution in [0.3, 0.4) is 0 Å². The Bertz CT molecular complexity index is 1310. The minimum absolute atomic E-state index is 0.0979. The maximum atomic E-state index is 11.4. The van der Waals surface area contributed by atoms with Crippen LogP contribution in [0.5, 0.6) is 11.5 Å². The molecular formula is C31H34O6. The maximum absolute atomic E-state index is 11.4. The number of rotatable bonds is 8. The molecule has 4 aliphatic carbocycles. The number of fused-ring (bicyclic) bond motifs is 1. The minimum atomic E-state index is -1.14. The largest absolute Gasteiger partial charge is 0.507 e. The van der Waals surface area contributed by atoms with Crippen molar-refractivity contribution in [2.75, 3.05) is 13.9 Å². The van der Waals surface area contributed by atoms with Crippen molar-refractivity contribution >= 4 is 16.7 Å². The van der Waals surface area contributed by atoms with Gasteiger partial charge >= 0.3 is 5.97 Å². The Balaban J connectivity index is 1.47. The summed E-state index contributed by atoms with van der Waals surface area (Å²) >= 11 is 0. The lowest BCUT2D eigenvalue weighted by Crippen LogP contribution is -2.48. The molecule has 3 aromatic carbocycles. The minimum Gasteiger partial charge on any atom is -0.507 e. The summed E-state index contributed by atoms with van der Waals surface area (Å²) in [4.78, 5) is 11.4. The monoisotopic (exact) mass is 502 g/mol. The molecule has 7 rings (SSSR count). The normalized spacial score (nSPS) is 26.9. The van der Waals surface area contributed by atoms with Crippen LogP contribution in [0, 0.1) is 17.8 Å². The number of ether oxygens (including phenoxy) is 3. The van der Waals surface area contributed by atoms with Gasteiger partial charge in [-0.15, -0.1) is 0 Å². The standard InChI is InChI=1S/C31H34O6/c1-18(35-2)36-17-37-29-12-22-4-3-5-24(23-6-7-25(30(33)34)28(32)11-23)26(22)13-27(29)31-14-19-8-20(15-31)10-21(9-19)16-31/h3-7,11-13,18-21,32H,8-10,14-17H2,1-2H3,(H,33,34). The topological polar surface area (TPSA) is 85.2 Å². The van der Waals surface area contributed by atoms with E-state index >= 15 is 0 Å². The van der Waals surface area contributed by atoms with E-state index in [4.69, 9.17) is 14.2 Å². The molecular weight excluding hydrogens is 468 g/mol. The summed E-state index contributed by atoms with van der Waals surface area (Å²) in [5.41, 5.74) is 3.01. The lowest BCUT2D eigenvalue weighted by Gasteiger charge is -2.57. The van der Waals surface area contributed by atoms with Crippen LogP contribution in [-0.4, -0.2) is 36.4 Å². The van der Waals surface area contributed by atoms with Crippen molar-refractivity contribution in [2.24, 2.45) is 17.8 Å². The molecule has 3 aromatic rings. The summed E-state index contributed by atoms with van der Waals surface area (Å²) in [5.74, 6) is 1.87. The zero-order valence-corrected chi connectivity index (χ0v) is 21.4. The first-order valence-corrected chi connectivity index (χ1v) is 13.3. The Morgan fingerprint density at radius 3 is 2.35 bits per heavy atom. The van der Waals surface area contributed by atoms with Crippen molar-refractivity contribution in [1.82, 2.24) is 0 Å². The molecule has 4 bridgehead atoms. The van der Waals surface area contributed by atoms with Gasteiger partial charge in [0.25, 0.3) is 0 Å². The van der Waals surface area contributed by atoms with Gasteiger partial charge in [-0.3, -0.25) is 0 Å². The molecule has 0 saturated heterocycles. The predicted octanol–water partition coefficient (Wildman–Crippen LogP) is 6.72. The number of carboxylic acids is 1. The van der Waals surface area contributed by atoms with Crippen LogP contribution in [0.25, 0.3) is 21.9 Å². The molecule has 0 aliphatic heterocycles. The Labute approximate surface area is 217 Å². The third-order valence-corrected chi connectivity index (χ3v) is 8.98. The molecule has 4 aliphatic rings. The van der Waals surface area contributed by atoms with Crippen LogP contribution in [0.15, 0.2) is 48.5 Å². The van der Waals surface area contributed by atoms with Crippen LogP contribution < -0.4 is 4.74 Å². The van der Waals surface area contributed by atoms with Gasteiger partial charge in [-0.2, -0.15) is 0 Å². The molecule has 0 heterocycles. The lowest BCUT2D eigenvalue weighted by atomic mass is 9.48. The number of benzene rings is 3. The fraction of sp³-hybridized carbons (Fsp3) is 0.452. The third kappa shape index (κ3) is 4.36. The number of hydrogen-bond donors (Lipinski definition) is 2. The van der Waals surface area contributed by atoms with Crippen molar-refractivity contribution < 1.29 is 29.2 Å². The zero-order chi connectivity index (χ0) is 25.7. The smallest absolute Gasteiger partial charge is 0.339 e. The first-order chi connectivity index (χ1) is 17.8. The molecule has 37 heavy (non-hydrogen) atoms. The summed E-state index contributed by atoms with van der Waals surface area (Å²) in [5, 5.41) is 21.8. The summed E-state index contributed by atoms with van der Waals surface area (Å²) in [6.45, 7) is 1.96. The number of carbonyl (C=O) groups is 1. The van der Waals surface area contributed by atoms with E-state index in [1.807, 2.05) is 19.1 Å². The van der Waals surface area contributed by atoms with Gasteiger partial charge in [-0.1, -0.05) is 24.3 Å². The van der Waals surface area contributed by atoms with E-state index in [1.54, 1.807) is 19.2 Å². The Morgan fingerprint density at radius 2 is 1.73 bits per heavy atom. The average molecular weight is 503 g/mol. The van der Waals surface area contributed by atoms with Crippen LogP contribution in [0.4, 0.5) is 0 Å². The van der Waals surface area contributed by atoms with Gasteiger partial charge < -0.3 is 24.4 Å². The van der Waals surface area contributed by atoms with Gasteiger partial charge in [0.15, 0.2) is 13.1 Å². The van der Waals surface area contributed by atoms with Crippen LogP contribution in [0.2, 0.25) is 0 Å². The quantitative estimate of drug-likeness (QED) is 0.333. The molecule has 4 saturated carbocycles. The van der Waals surface area contributed by atoms with Crippen molar-refractivity contribution in [3.05, 3.63) is 59.7 Å². The van der Waals surface area contributed by atoms with E-state index in [-0.39, 0.29) is 29.8 Å². The SMILES string of the molecule is COC(C)OCOc1cc2cccc(-c3ccc(C(=O)O)c(O)c3)c2cc1C12CC3CC(CC(C3)C1)C2. The first-order valence-electron chi connectivity index (χ1n) is 13.3.